The molecule has 0 bridgehead atoms. The maximum atomic E-state index is 4.09. The number of likely N-dealkylation sites (N-methyl/N-ethyl adjacent to an activating group) is 1. The molecule has 2 atom stereocenters. The lowest BCUT2D eigenvalue weighted by Crippen LogP contribution is -2.49. The quantitative estimate of drug-likeness (QED) is 0.676. The maximum Gasteiger partial charge on any atom is 0.0270 e. The first-order valence-corrected chi connectivity index (χ1v) is 8.55. The lowest BCUT2D eigenvalue weighted by molar-refractivity contribution is 0.181. The Morgan fingerprint density at radius 2 is 1.86 bits per heavy atom. The van der Waals surface area contributed by atoms with E-state index >= 15 is 0 Å². The summed E-state index contributed by atoms with van der Waals surface area (Å²) in [6, 6.07) is 5.47. The summed E-state index contributed by atoms with van der Waals surface area (Å²) in [4.78, 5) is 6.62. The molecule has 0 aromatic carbocycles. The van der Waals surface area contributed by atoms with E-state index in [0.29, 0.717) is 12.1 Å². The maximum absolute atomic E-state index is 4.09. The molecule has 0 aliphatic carbocycles. The molecule has 1 heterocycles. The molecule has 0 fully saturated rings. The third-order valence-electron chi connectivity index (χ3n) is 4.21. The standard InChI is InChI=1S/C18H33N3/c1-5-8-17(20-12-6-2)18(7-3)21(4)15-11-16-9-13-19-14-10-16/h9-10,13-14,17-18,20H,5-8,11-12,15H2,1-4H3. The highest BCUT2D eigenvalue weighted by Gasteiger charge is 2.22. The highest BCUT2D eigenvalue weighted by atomic mass is 15.2. The van der Waals surface area contributed by atoms with Crippen LogP contribution in [-0.2, 0) is 6.42 Å². The van der Waals surface area contributed by atoms with Crippen LogP contribution in [0.3, 0.4) is 0 Å². The fourth-order valence-corrected chi connectivity index (χ4v) is 3.00. The fraction of sp³-hybridized carbons (Fsp3) is 0.722. The predicted octanol–water partition coefficient (Wildman–Crippen LogP) is 3.50. The van der Waals surface area contributed by atoms with Crippen molar-refractivity contribution in [3.63, 3.8) is 0 Å². The minimum absolute atomic E-state index is 0.613. The average molecular weight is 291 g/mol. The Kier molecular flexibility index (Phi) is 9.27. The zero-order chi connectivity index (χ0) is 15.5. The Balaban J connectivity index is 2.54. The second kappa shape index (κ2) is 10.7. The molecule has 120 valence electrons. The molecule has 21 heavy (non-hydrogen) atoms. The van der Waals surface area contributed by atoms with Gasteiger partial charge >= 0.3 is 0 Å². The Labute approximate surface area is 131 Å². The van der Waals surface area contributed by atoms with Gasteiger partial charge in [0, 0.05) is 31.0 Å². The molecule has 3 nitrogen and oxygen atoms in total. The number of nitrogens with one attached hydrogen (secondary N) is 1. The van der Waals surface area contributed by atoms with E-state index in [9.17, 15) is 0 Å². The van der Waals surface area contributed by atoms with Crippen molar-refractivity contribution < 1.29 is 0 Å². The minimum atomic E-state index is 0.613. The number of rotatable bonds is 11. The molecule has 0 amide bonds. The van der Waals surface area contributed by atoms with E-state index in [1.165, 1.54) is 31.2 Å². The number of hydrogen-bond acceptors (Lipinski definition) is 3. The van der Waals surface area contributed by atoms with Gasteiger partial charge in [0.15, 0.2) is 0 Å². The molecule has 1 rings (SSSR count). The van der Waals surface area contributed by atoms with Crippen LogP contribution in [0, 0.1) is 0 Å². The number of hydrogen-bond donors (Lipinski definition) is 1. The number of pyridine rings is 1. The smallest absolute Gasteiger partial charge is 0.0270 e. The van der Waals surface area contributed by atoms with Crippen LogP contribution in [-0.4, -0.2) is 42.1 Å². The fourth-order valence-electron chi connectivity index (χ4n) is 3.00. The van der Waals surface area contributed by atoms with Crippen LogP contribution in [0.15, 0.2) is 24.5 Å². The molecule has 1 aromatic heterocycles. The first-order chi connectivity index (χ1) is 10.2. The van der Waals surface area contributed by atoms with E-state index in [0.717, 1.165) is 19.5 Å². The lowest BCUT2D eigenvalue weighted by Gasteiger charge is -2.35. The summed E-state index contributed by atoms with van der Waals surface area (Å²) in [7, 11) is 2.27. The summed E-state index contributed by atoms with van der Waals surface area (Å²) < 4.78 is 0. The molecule has 1 N–H and O–H groups in total. The highest BCUT2D eigenvalue weighted by Crippen LogP contribution is 2.13. The highest BCUT2D eigenvalue weighted by molar-refractivity contribution is 5.10. The Bertz CT molecular complexity index is 353. The van der Waals surface area contributed by atoms with Crippen molar-refractivity contribution in [1.82, 2.24) is 15.2 Å². The zero-order valence-corrected chi connectivity index (χ0v) is 14.3. The molecular weight excluding hydrogens is 258 g/mol. The summed E-state index contributed by atoms with van der Waals surface area (Å²) in [5, 5.41) is 3.75. The van der Waals surface area contributed by atoms with Crippen LogP contribution in [0.2, 0.25) is 0 Å². The van der Waals surface area contributed by atoms with Gasteiger partial charge in [0.05, 0.1) is 0 Å². The second-order valence-corrected chi connectivity index (χ2v) is 5.91. The second-order valence-electron chi connectivity index (χ2n) is 5.91. The van der Waals surface area contributed by atoms with E-state index < -0.39 is 0 Å². The Hall–Kier alpha value is -0.930. The summed E-state index contributed by atoms with van der Waals surface area (Å²) in [5.74, 6) is 0. The van der Waals surface area contributed by atoms with Gasteiger partial charge in [0.2, 0.25) is 0 Å². The van der Waals surface area contributed by atoms with Gasteiger partial charge in [-0.05, 0) is 57.0 Å². The van der Waals surface area contributed by atoms with Crippen LogP contribution < -0.4 is 5.32 Å². The summed E-state index contributed by atoms with van der Waals surface area (Å²) in [6.07, 6.45) is 9.78. The van der Waals surface area contributed by atoms with Crippen molar-refractivity contribution in [3.05, 3.63) is 30.1 Å². The van der Waals surface area contributed by atoms with Gasteiger partial charge in [-0.2, -0.15) is 0 Å². The third-order valence-corrected chi connectivity index (χ3v) is 4.21. The molecular formula is C18H33N3. The average Bonchev–Trinajstić information content (AvgIpc) is 2.52. The monoisotopic (exact) mass is 291 g/mol. The van der Waals surface area contributed by atoms with Crippen molar-refractivity contribution in [2.45, 2.75) is 65.0 Å². The topological polar surface area (TPSA) is 28.2 Å². The van der Waals surface area contributed by atoms with Crippen LogP contribution >= 0.6 is 0 Å². The summed E-state index contributed by atoms with van der Waals surface area (Å²) in [6.45, 7) is 9.06. The molecule has 3 heteroatoms. The van der Waals surface area contributed by atoms with E-state index in [1.807, 2.05) is 12.4 Å². The van der Waals surface area contributed by atoms with Gasteiger partial charge < -0.3 is 10.2 Å². The third kappa shape index (κ3) is 6.58. The zero-order valence-electron chi connectivity index (χ0n) is 14.3. The normalized spacial score (nSPS) is 14.3. The molecule has 0 spiro atoms. The van der Waals surface area contributed by atoms with Gasteiger partial charge in [-0.25, -0.2) is 0 Å². The van der Waals surface area contributed by atoms with Crippen LogP contribution in [0.25, 0.3) is 0 Å². The van der Waals surface area contributed by atoms with Crippen LogP contribution in [0.4, 0.5) is 0 Å². The molecule has 0 aliphatic heterocycles. The van der Waals surface area contributed by atoms with Gasteiger partial charge in [-0.1, -0.05) is 27.2 Å². The van der Waals surface area contributed by atoms with Gasteiger partial charge in [0.25, 0.3) is 0 Å². The molecule has 0 saturated carbocycles. The first-order valence-electron chi connectivity index (χ1n) is 8.55. The molecule has 0 aliphatic rings. The van der Waals surface area contributed by atoms with Crippen molar-refractivity contribution in [1.29, 1.82) is 0 Å². The first kappa shape index (κ1) is 18.1. The van der Waals surface area contributed by atoms with Crippen molar-refractivity contribution in [3.8, 4) is 0 Å². The van der Waals surface area contributed by atoms with E-state index in [4.69, 9.17) is 0 Å². The van der Waals surface area contributed by atoms with Crippen molar-refractivity contribution in [2.75, 3.05) is 20.1 Å². The number of aromatic nitrogens is 1. The van der Waals surface area contributed by atoms with Crippen molar-refractivity contribution in [2.24, 2.45) is 0 Å². The van der Waals surface area contributed by atoms with Crippen LogP contribution in [0.1, 0.15) is 52.0 Å². The van der Waals surface area contributed by atoms with Gasteiger partial charge in [-0.3, -0.25) is 4.98 Å². The Morgan fingerprint density at radius 3 is 2.43 bits per heavy atom. The predicted molar refractivity (Wildman–Crippen MR) is 91.6 cm³/mol. The molecule has 0 radical (unpaired) electrons. The van der Waals surface area contributed by atoms with E-state index in [-0.39, 0.29) is 0 Å². The molecule has 2 unspecified atom stereocenters. The SMILES string of the molecule is CCCNC(CCC)C(CC)N(C)CCc1ccncc1. The Morgan fingerprint density at radius 1 is 1.14 bits per heavy atom. The lowest BCUT2D eigenvalue weighted by atomic mass is 9.99. The van der Waals surface area contributed by atoms with Gasteiger partial charge in [-0.15, -0.1) is 0 Å². The van der Waals surface area contributed by atoms with Crippen LogP contribution in [0.5, 0.6) is 0 Å². The summed E-state index contributed by atoms with van der Waals surface area (Å²) >= 11 is 0. The van der Waals surface area contributed by atoms with E-state index in [2.05, 4.69) is 55.2 Å². The number of nitrogens with zero attached hydrogens (tertiary/aromatic N) is 2. The molecule has 1 aromatic rings. The van der Waals surface area contributed by atoms with Crippen molar-refractivity contribution >= 4 is 0 Å². The summed E-state index contributed by atoms with van der Waals surface area (Å²) in [5.41, 5.74) is 1.38. The van der Waals surface area contributed by atoms with E-state index in [1.54, 1.807) is 0 Å². The van der Waals surface area contributed by atoms with Gasteiger partial charge in [0.1, 0.15) is 0 Å². The molecule has 0 saturated heterocycles. The minimum Gasteiger partial charge on any atom is -0.312 e. The largest absolute Gasteiger partial charge is 0.312 e.